The first-order chi connectivity index (χ1) is 14.6. The summed E-state index contributed by atoms with van der Waals surface area (Å²) >= 11 is 0. The van der Waals surface area contributed by atoms with E-state index in [9.17, 15) is 9.50 Å². The molecular formula is C24H41FN4O. The molecule has 0 aromatic heterocycles. The van der Waals surface area contributed by atoms with Crippen LogP contribution in [0.3, 0.4) is 0 Å². The summed E-state index contributed by atoms with van der Waals surface area (Å²) in [5.74, 6) is 1.37. The normalized spacial score (nSPS) is 16.6. The summed E-state index contributed by atoms with van der Waals surface area (Å²) in [4.78, 5) is 7.19. The molecule has 1 heterocycles. The van der Waals surface area contributed by atoms with Crippen molar-refractivity contribution in [2.75, 3.05) is 39.3 Å². The average Bonchev–Trinajstić information content (AvgIpc) is 2.77. The molecule has 0 amide bonds. The number of aliphatic imine (C=N–C) groups is 1. The van der Waals surface area contributed by atoms with Crippen LogP contribution >= 0.6 is 0 Å². The van der Waals surface area contributed by atoms with E-state index in [2.05, 4.69) is 36.3 Å². The van der Waals surface area contributed by atoms with Crippen molar-refractivity contribution in [1.82, 2.24) is 15.5 Å². The third-order valence-corrected chi connectivity index (χ3v) is 6.68. The number of nitrogens with zero attached hydrogens (tertiary/aromatic N) is 2. The van der Waals surface area contributed by atoms with Gasteiger partial charge in [0.25, 0.3) is 0 Å². The number of rotatable bonds is 11. The van der Waals surface area contributed by atoms with Crippen molar-refractivity contribution >= 4 is 5.96 Å². The Morgan fingerprint density at radius 1 is 1.17 bits per heavy atom. The highest BCUT2D eigenvalue weighted by molar-refractivity contribution is 5.79. The summed E-state index contributed by atoms with van der Waals surface area (Å²) in [6.07, 6.45) is 5.06. The lowest BCUT2D eigenvalue weighted by atomic mass is 9.79. The van der Waals surface area contributed by atoms with Gasteiger partial charge < -0.3 is 15.7 Å². The first kappa shape index (κ1) is 24.6. The lowest BCUT2D eigenvalue weighted by Crippen LogP contribution is -2.43. The van der Waals surface area contributed by atoms with Crippen LogP contribution in [0, 0.1) is 17.2 Å². The third kappa shape index (κ3) is 7.55. The minimum absolute atomic E-state index is 0.0785. The number of hydrogen-bond donors (Lipinski definition) is 3. The van der Waals surface area contributed by atoms with Gasteiger partial charge in [-0.25, -0.2) is 4.39 Å². The number of likely N-dealkylation sites (tertiary alicyclic amines) is 1. The molecule has 5 nitrogen and oxygen atoms in total. The smallest absolute Gasteiger partial charge is 0.191 e. The van der Waals surface area contributed by atoms with Gasteiger partial charge in [0.05, 0.1) is 0 Å². The standard InChI is InChI=1S/C24H41FN4O/c1-4-24(5-2,13-16-30)19-28-23(26-6-3)27-17-20-11-14-29(15-12-20)18-21-9-7-8-10-22(21)25/h7-10,20,30H,4-6,11-19H2,1-3H3,(H2,26,27,28). The summed E-state index contributed by atoms with van der Waals surface area (Å²) in [6, 6.07) is 7.07. The topological polar surface area (TPSA) is 59.9 Å². The molecule has 2 rings (SSSR count). The fourth-order valence-corrected chi connectivity index (χ4v) is 4.19. The Kier molecular flexibility index (Phi) is 10.6. The first-order valence-corrected chi connectivity index (χ1v) is 11.6. The summed E-state index contributed by atoms with van der Waals surface area (Å²) < 4.78 is 13.9. The minimum Gasteiger partial charge on any atom is -0.396 e. The van der Waals surface area contributed by atoms with Gasteiger partial charge in [-0.3, -0.25) is 9.89 Å². The van der Waals surface area contributed by atoms with E-state index in [4.69, 9.17) is 4.99 Å². The van der Waals surface area contributed by atoms with Crippen LogP contribution in [0.5, 0.6) is 0 Å². The van der Waals surface area contributed by atoms with Crippen molar-refractivity contribution in [1.29, 1.82) is 0 Å². The molecule has 0 saturated carbocycles. The Morgan fingerprint density at radius 2 is 1.87 bits per heavy atom. The summed E-state index contributed by atoms with van der Waals surface area (Å²) in [5, 5.41) is 16.3. The number of hydrogen-bond acceptors (Lipinski definition) is 3. The van der Waals surface area contributed by atoms with Crippen molar-refractivity contribution in [2.45, 2.75) is 59.4 Å². The van der Waals surface area contributed by atoms with Gasteiger partial charge in [0.2, 0.25) is 0 Å². The molecule has 1 aromatic rings. The maximum absolute atomic E-state index is 13.9. The quantitative estimate of drug-likeness (QED) is 0.377. The lowest BCUT2D eigenvalue weighted by Gasteiger charge is -2.32. The first-order valence-electron chi connectivity index (χ1n) is 11.6. The average molecular weight is 421 g/mol. The Bertz CT molecular complexity index is 640. The van der Waals surface area contributed by atoms with E-state index in [-0.39, 0.29) is 17.8 Å². The van der Waals surface area contributed by atoms with E-state index < -0.39 is 0 Å². The number of halogens is 1. The van der Waals surface area contributed by atoms with Crippen molar-refractivity contribution in [3.05, 3.63) is 35.6 Å². The molecule has 0 atom stereocenters. The van der Waals surface area contributed by atoms with E-state index in [1.54, 1.807) is 12.1 Å². The molecule has 0 radical (unpaired) electrons. The number of benzene rings is 1. The molecular weight excluding hydrogens is 379 g/mol. The summed E-state index contributed by atoms with van der Waals surface area (Å²) in [5.41, 5.74) is 0.864. The van der Waals surface area contributed by atoms with Crippen LogP contribution in [0.4, 0.5) is 4.39 Å². The Morgan fingerprint density at radius 3 is 2.47 bits per heavy atom. The van der Waals surface area contributed by atoms with Crippen LogP contribution in [0.15, 0.2) is 29.3 Å². The summed E-state index contributed by atoms with van der Waals surface area (Å²) in [6.45, 7) is 11.8. The van der Waals surface area contributed by atoms with Crippen LogP contribution in [0.2, 0.25) is 0 Å². The van der Waals surface area contributed by atoms with Crippen molar-refractivity contribution in [3.8, 4) is 0 Å². The maximum atomic E-state index is 13.9. The van der Waals surface area contributed by atoms with E-state index in [1.165, 1.54) is 0 Å². The fourth-order valence-electron chi connectivity index (χ4n) is 4.19. The molecule has 1 fully saturated rings. The fraction of sp³-hybridized carbons (Fsp3) is 0.708. The predicted molar refractivity (Wildman–Crippen MR) is 123 cm³/mol. The molecule has 170 valence electrons. The van der Waals surface area contributed by atoms with Crippen LogP contribution in [-0.4, -0.2) is 55.3 Å². The van der Waals surface area contributed by atoms with Gasteiger partial charge in [0.15, 0.2) is 5.96 Å². The zero-order valence-electron chi connectivity index (χ0n) is 19.1. The van der Waals surface area contributed by atoms with Gasteiger partial charge in [-0.1, -0.05) is 32.0 Å². The van der Waals surface area contributed by atoms with Gasteiger partial charge in [0, 0.05) is 38.3 Å². The molecule has 0 spiro atoms. The molecule has 3 N–H and O–H groups in total. The van der Waals surface area contributed by atoms with Crippen LogP contribution < -0.4 is 10.6 Å². The van der Waals surface area contributed by atoms with Gasteiger partial charge in [-0.15, -0.1) is 0 Å². The number of piperidine rings is 1. The zero-order chi connectivity index (χ0) is 21.8. The predicted octanol–water partition coefficient (Wildman–Crippen LogP) is 3.78. The van der Waals surface area contributed by atoms with Gasteiger partial charge >= 0.3 is 0 Å². The highest BCUT2D eigenvalue weighted by Gasteiger charge is 2.25. The van der Waals surface area contributed by atoms with Crippen LogP contribution in [0.25, 0.3) is 0 Å². The van der Waals surface area contributed by atoms with Crippen LogP contribution in [-0.2, 0) is 6.54 Å². The second-order valence-corrected chi connectivity index (χ2v) is 8.57. The molecule has 6 heteroatoms. The number of aliphatic hydroxyl groups is 1. The minimum atomic E-state index is -0.107. The number of nitrogens with one attached hydrogen (secondary N) is 2. The van der Waals surface area contributed by atoms with E-state index >= 15 is 0 Å². The highest BCUT2D eigenvalue weighted by Crippen LogP contribution is 2.30. The maximum Gasteiger partial charge on any atom is 0.191 e. The third-order valence-electron chi connectivity index (χ3n) is 6.68. The largest absolute Gasteiger partial charge is 0.396 e. The van der Waals surface area contributed by atoms with Crippen LogP contribution in [0.1, 0.15) is 58.4 Å². The molecule has 1 saturated heterocycles. The monoisotopic (exact) mass is 420 g/mol. The van der Waals surface area contributed by atoms with Crippen molar-refractivity contribution in [3.63, 3.8) is 0 Å². The van der Waals surface area contributed by atoms with E-state index in [1.807, 2.05) is 12.1 Å². The Labute approximate surface area is 182 Å². The molecule has 0 aliphatic carbocycles. The van der Waals surface area contributed by atoms with Crippen molar-refractivity contribution < 1.29 is 9.50 Å². The highest BCUT2D eigenvalue weighted by atomic mass is 19.1. The molecule has 1 aromatic carbocycles. The Hall–Kier alpha value is -1.66. The molecule has 1 aliphatic rings. The summed E-state index contributed by atoms with van der Waals surface area (Å²) in [7, 11) is 0. The SMILES string of the molecule is CCNC(=NCC(CC)(CC)CCO)NCC1CCN(Cc2ccccc2F)CC1. The number of guanidine groups is 1. The van der Waals surface area contributed by atoms with E-state index in [0.29, 0.717) is 12.5 Å². The molecule has 0 unspecified atom stereocenters. The second-order valence-electron chi connectivity index (χ2n) is 8.57. The lowest BCUT2D eigenvalue weighted by molar-refractivity contribution is 0.174. The number of aliphatic hydroxyl groups excluding tert-OH is 1. The van der Waals surface area contributed by atoms with E-state index in [0.717, 1.165) is 76.4 Å². The van der Waals surface area contributed by atoms with Gasteiger partial charge in [0.1, 0.15) is 5.82 Å². The molecule has 0 bridgehead atoms. The van der Waals surface area contributed by atoms with Crippen molar-refractivity contribution in [2.24, 2.45) is 16.3 Å². The molecule has 1 aliphatic heterocycles. The Balaban J connectivity index is 1.82. The van der Waals surface area contributed by atoms with Gasteiger partial charge in [-0.05, 0) is 69.5 Å². The molecule has 30 heavy (non-hydrogen) atoms. The second kappa shape index (κ2) is 12.9. The van der Waals surface area contributed by atoms with Gasteiger partial charge in [-0.2, -0.15) is 0 Å². The zero-order valence-corrected chi connectivity index (χ0v) is 19.1.